The third-order valence-corrected chi connectivity index (χ3v) is 11.0. The molecule has 312 valence electrons. The smallest absolute Gasteiger partial charge is 0.407 e. The number of aromatic nitrogens is 6. The molecule has 6 aromatic rings. The standard InChI is InChI=1S/C44H43FN10O6/c1-60-43(58)52-36(26-11-5-3-6-12-26)41(56)54-19-9-15-34(54)39-48-24-32(50-39)29-22-46-38(47-23-29)28-17-18-30(31(45)21-28)33-25-49-40(51-33)35-16-10-20-55(35)42(57)37(53-44(59)61-2)27-13-7-4-8-14-27/h3-8,11-14,17-18,21-25,34-37H,9-10,15-16,19-20H2,1-2H3,(H,48,50)(H,49,51)(H,52,58)(H,53,59)/t34-,35-,36-,37+/m0/s1. The summed E-state index contributed by atoms with van der Waals surface area (Å²) in [6.07, 6.45) is 7.81. The van der Waals surface area contributed by atoms with E-state index in [4.69, 9.17) is 9.47 Å². The van der Waals surface area contributed by atoms with Crippen LogP contribution in [0, 0.1) is 5.82 Å². The molecule has 0 spiro atoms. The second-order valence-corrected chi connectivity index (χ2v) is 14.7. The van der Waals surface area contributed by atoms with Crippen molar-refractivity contribution < 1.29 is 33.0 Å². The van der Waals surface area contributed by atoms with E-state index in [0.29, 0.717) is 77.0 Å². The first kappa shape index (κ1) is 40.4. The second-order valence-electron chi connectivity index (χ2n) is 14.7. The third kappa shape index (κ3) is 8.53. The van der Waals surface area contributed by atoms with Crippen molar-refractivity contribution in [1.82, 2.24) is 50.3 Å². The highest BCUT2D eigenvalue weighted by molar-refractivity contribution is 5.88. The number of alkyl carbamates (subject to hydrolysis) is 2. The molecular formula is C44H43FN10O6. The van der Waals surface area contributed by atoms with Gasteiger partial charge in [-0.05, 0) is 48.9 Å². The third-order valence-electron chi connectivity index (χ3n) is 11.0. The van der Waals surface area contributed by atoms with E-state index in [0.717, 1.165) is 12.8 Å². The minimum Gasteiger partial charge on any atom is -0.453 e. The van der Waals surface area contributed by atoms with Crippen molar-refractivity contribution in [3.05, 3.63) is 132 Å². The van der Waals surface area contributed by atoms with Crippen molar-refractivity contribution in [2.45, 2.75) is 49.9 Å². The molecular weight excluding hydrogens is 784 g/mol. The molecule has 2 saturated heterocycles. The van der Waals surface area contributed by atoms with Crippen molar-refractivity contribution in [2.75, 3.05) is 27.3 Å². The molecule has 2 aliphatic heterocycles. The van der Waals surface area contributed by atoms with Gasteiger partial charge in [0.15, 0.2) is 5.82 Å². The molecule has 2 aliphatic rings. The maximum atomic E-state index is 15.8. The molecule has 61 heavy (non-hydrogen) atoms. The van der Waals surface area contributed by atoms with Crippen molar-refractivity contribution in [1.29, 1.82) is 0 Å². The summed E-state index contributed by atoms with van der Waals surface area (Å²) in [5.41, 5.74) is 3.72. The number of imidazole rings is 2. The highest BCUT2D eigenvalue weighted by atomic mass is 19.1. The molecule has 0 radical (unpaired) electrons. The largest absolute Gasteiger partial charge is 0.453 e. The van der Waals surface area contributed by atoms with Crippen molar-refractivity contribution in [2.24, 2.45) is 0 Å². The number of nitrogens with one attached hydrogen (secondary N) is 4. The van der Waals surface area contributed by atoms with Gasteiger partial charge in [0.1, 0.15) is 29.5 Å². The summed E-state index contributed by atoms with van der Waals surface area (Å²) in [7, 11) is 2.50. The molecule has 4 amide bonds. The lowest BCUT2D eigenvalue weighted by Crippen LogP contribution is -2.42. The highest BCUT2D eigenvalue weighted by Crippen LogP contribution is 2.36. The first-order valence-electron chi connectivity index (χ1n) is 19.8. The summed E-state index contributed by atoms with van der Waals surface area (Å²) in [6, 6.07) is 20.0. The van der Waals surface area contributed by atoms with Gasteiger partial charge in [0, 0.05) is 42.2 Å². The van der Waals surface area contributed by atoms with Crippen LogP contribution in [-0.2, 0) is 19.1 Å². The number of hydrogen-bond donors (Lipinski definition) is 4. The number of methoxy groups -OCH3 is 2. The lowest BCUT2D eigenvalue weighted by Gasteiger charge is -2.28. The van der Waals surface area contributed by atoms with Gasteiger partial charge in [0.25, 0.3) is 11.8 Å². The van der Waals surface area contributed by atoms with Crippen molar-refractivity contribution in [3.63, 3.8) is 0 Å². The van der Waals surface area contributed by atoms with Gasteiger partial charge >= 0.3 is 12.2 Å². The van der Waals surface area contributed by atoms with Gasteiger partial charge in [0.05, 0.1) is 50.1 Å². The number of nitrogens with zero attached hydrogens (tertiary/aromatic N) is 6. The minimum absolute atomic E-state index is 0.271. The molecule has 4 atom stereocenters. The fraction of sp³-hybridized carbons (Fsp3) is 0.273. The predicted molar refractivity (Wildman–Crippen MR) is 219 cm³/mol. The first-order valence-corrected chi connectivity index (χ1v) is 19.8. The molecule has 3 aromatic carbocycles. The quantitative estimate of drug-likeness (QED) is 0.111. The van der Waals surface area contributed by atoms with E-state index >= 15 is 4.39 Å². The van der Waals surface area contributed by atoms with Crippen LogP contribution in [0.2, 0.25) is 0 Å². The van der Waals surface area contributed by atoms with E-state index in [1.807, 2.05) is 12.1 Å². The Hall–Kier alpha value is -7.43. The Balaban J connectivity index is 0.946. The van der Waals surface area contributed by atoms with E-state index < -0.39 is 36.1 Å². The van der Waals surface area contributed by atoms with E-state index in [1.165, 1.54) is 20.3 Å². The maximum Gasteiger partial charge on any atom is 0.407 e. The van der Waals surface area contributed by atoms with Gasteiger partial charge in [-0.15, -0.1) is 0 Å². The number of carbonyl (C=O) groups is 4. The molecule has 0 unspecified atom stereocenters. The molecule has 17 heteroatoms. The summed E-state index contributed by atoms with van der Waals surface area (Å²) >= 11 is 0. The maximum absolute atomic E-state index is 15.8. The second kappa shape index (κ2) is 17.8. The zero-order chi connectivity index (χ0) is 42.5. The molecule has 5 heterocycles. The van der Waals surface area contributed by atoms with Crippen LogP contribution in [0.4, 0.5) is 14.0 Å². The van der Waals surface area contributed by atoms with Crippen molar-refractivity contribution >= 4 is 24.0 Å². The number of hydrogen-bond acceptors (Lipinski definition) is 10. The van der Waals surface area contributed by atoms with Gasteiger partial charge in [-0.25, -0.2) is 33.9 Å². The molecule has 0 saturated carbocycles. The fourth-order valence-electron chi connectivity index (χ4n) is 7.97. The van der Waals surface area contributed by atoms with Gasteiger partial charge in [-0.1, -0.05) is 66.7 Å². The average molecular weight is 827 g/mol. The Kier molecular flexibility index (Phi) is 11.8. The van der Waals surface area contributed by atoms with Gasteiger partial charge in [0.2, 0.25) is 0 Å². The predicted octanol–water partition coefficient (Wildman–Crippen LogP) is 6.58. The zero-order valence-electron chi connectivity index (χ0n) is 33.4. The van der Waals surface area contributed by atoms with E-state index in [1.54, 1.807) is 95.3 Å². The summed E-state index contributed by atoms with van der Waals surface area (Å²) in [6.45, 7) is 0.955. The summed E-state index contributed by atoms with van der Waals surface area (Å²) in [4.78, 5) is 80.3. The molecule has 16 nitrogen and oxygen atoms in total. The van der Waals surface area contributed by atoms with Crippen LogP contribution in [0.25, 0.3) is 33.9 Å². The fourth-order valence-corrected chi connectivity index (χ4v) is 7.97. The number of H-pyrrole nitrogens is 2. The van der Waals surface area contributed by atoms with Crippen molar-refractivity contribution in [3.8, 4) is 33.9 Å². The number of rotatable bonds is 11. The van der Waals surface area contributed by atoms with Crippen LogP contribution >= 0.6 is 0 Å². The Bertz CT molecular complexity index is 2510. The molecule has 4 N–H and O–H groups in total. The van der Waals surface area contributed by atoms with Gasteiger partial charge in [-0.3, -0.25) is 9.59 Å². The van der Waals surface area contributed by atoms with Crippen LogP contribution in [0.1, 0.15) is 72.6 Å². The average Bonchev–Trinajstić information content (AvgIpc) is 4.15. The van der Waals surface area contributed by atoms with Crippen LogP contribution in [0.15, 0.2) is 104 Å². The zero-order valence-corrected chi connectivity index (χ0v) is 33.4. The van der Waals surface area contributed by atoms with E-state index in [9.17, 15) is 19.2 Å². The Morgan fingerprint density at radius 1 is 0.656 bits per heavy atom. The number of ether oxygens (including phenoxy) is 2. The Labute approximate surface area is 349 Å². The number of carbonyl (C=O) groups excluding carboxylic acids is 4. The highest BCUT2D eigenvalue weighted by Gasteiger charge is 2.38. The molecule has 2 fully saturated rings. The Morgan fingerprint density at radius 3 is 1.64 bits per heavy atom. The topological polar surface area (TPSA) is 200 Å². The number of halogens is 1. The number of benzene rings is 3. The summed E-state index contributed by atoms with van der Waals surface area (Å²) in [5.74, 6) is 0.319. The van der Waals surface area contributed by atoms with Gasteiger partial charge in [-0.2, -0.15) is 0 Å². The van der Waals surface area contributed by atoms with E-state index in [-0.39, 0.29) is 23.4 Å². The lowest BCUT2D eigenvalue weighted by molar-refractivity contribution is -0.135. The number of aromatic amines is 2. The lowest BCUT2D eigenvalue weighted by atomic mass is 10.0. The molecule has 8 rings (SSSR count). The van der Waals surface area contributed by atoms with Crippen LogP contribution in [0.5, 0.6) is 0 Å². The van der Waals surface area contributed by atoms with E-state index in [2.05, 4.69) is 40.5 Å². The summed E-state index contributed by atoms with van der Waals surface area (Å²) < 4.78 is 25.4. The SMILES string of the molecule is COC(=O)N[C@H](C(=O)N1CCC[C@H]1c1ncc(-c2cnc(-c3ccc(-c4cnc([C@@H]5CCCN5C(=O)[C@H](NC(=O)OC)c5ccccc5)[nH]4)c(F)c3)nc2)[nH]1)c1ccccc1. The number of amides is 4. The molecule has 0 bridgehead atoms. The first-order chi connectivity index (χ1) is 29.7. The molecule has 3 aromatic heterocycles. The monoisotopic (exact) mass is 826 g/mol. The van der Waals surface area contributed by atoms with Crippen LogP contribution in [0.3, 0.4) is 0 Å². The normalized spacial score (nSPS) is 17.1. The van der Waals surface area contributed by atoms with Crippen LogP contribution in [-0.4, -0.2) is 91.0 Å². The Morgan fingerprint density at radius 2 is 1.15 bits per heavy atom. The number of likely N-dealkylation sites (tertiary alicyclic amines) is 2. The minimum atomic E-state index is -0.958. The van der Waals surface area contributed by atoms with Gasteiger partial charge < -0.3 is 39.9 Å². The molecule has 0 aliphatic carbocycles. The summed E-state index contributed by atoms with van der Waals surface area (Å²) in [5, 5.41) is 5.33. The van der Waals surface area contributed by atoms with Crippen LogP contribution < -0.4 is 10.6 Å².